The maximum absolute atomic E-state index is 13.1. The largest absolute Gasteiger partial charge is 0.491 e. The van der Waals surface area contributed by atoms with Crippen molar-refractivity contribution in [3.63, 3.8) is 0 Å². The fraction of sp³-hybridized carbons (Fsp3) is 0.412. The van der Waals surface area contributed by atoms with Crippen molar-refractivity contribution in [2.24, 2.45) is 0 Å². The van der Waals surface area contributed by atoms with Crippen molar-refractivity contribution in [2.75, 3.05) is 13.2 Å². The summed E-state index contributed by atoms with van der Waals surface area (Å²) in [5.41, 5.74) is 1.66. The summed E-state index contributed by atoms with van der Waals surface area (Å²) in [7, 11) is 0. The Labute approximate surface area is 142 Å². The molecule has 0 bridgehead atoms. The zero-order valence-electron chi connectivity index (χ0n) is 13.4. The molecule has 1 aliphatic heterocycles. The second-order valence-electron chi connectivity index (χ2n) is 6.43. The van der Waals surface area contributed by atoms with Gasteiger partial charge in [-0.15, -0.1) is 0 Å². The van der Waals surface area contributed by atoms with E-state index >= 15 is 0 Å². The molecule has 0 saturated heterocycles. The Morgan fingerprint density at radius 1 is 1.40 bits per heavy atom. The number of hydrogen-bond acceptors (Lipinski definition) is 4. The summed E-state index contributed by atoms with van der Waals surface area (Å²) in [5, 5.41) is 13.5. The number of carbonyl (C=O) groups is 1. The van der Waals surface area contributed by atoms with Gasteiger partial charge in [-0.3, -0.25) is 9.58 Å². The van der Waals surface area contributed by atoms with E-state index in [1.165, 1.54) is 10.7 Å². The Balaban J connectivity index is 1.49. The molecule has 8 heteroatoms. The fourth-order valence-corrected chi connectivity index (χ4v) is 3.13. The maximum atomic E-state index is 13.1. The molecule has 2 heterocycles. The first-order valence-corrected chi connectivity index (χ1v) is 8.06. The summed E-state index contributed by atoms with van der Waals surface area (Å²) in [6.07, 6.45) is 1.43. The molecular weight excluding hydrogens is 332 g/mol. The Morgan fingerprint density at radius 2 is 2.20 bits per heavy atom. The lowest BCUT2D eigenvalue weighted by atomic mass is 10.1. The minimum Gasteiger partial charge on any atom is -0.491 e. The first-order valence-electron chi connectivity index (χ1n) is 8.06. The number of alkyl halides is 2. The molecule has 1 saturated carbocycles. The first kappa shape index (κ1) is 16.0. The molecule has 0 spiro atoms. The van der Waals surface area contributed by atoms with Gasteiger partial charge in [-0.2, -0.15) is 5.10 Å². The van der Waals surface area contributed by atoms with Gasteiger partial charge in [0.15, 0.2) is 0 Å². The highest BCUT2D eigenvalue weighted by Crippen LogP contribution is 2.52. The average Bonchev–Trinajstić information content (AvgIpc) is 3.04. The van der Waals surface area contributed by atoms with E-state index in [4.69, 9.17) is 4.74 Å². The smallest absolute Gasteiger partial charge is 0.339 e. The molecule has 1 unspecified atom stereocenters. The SMILES string of the molecule is O=C(O)c1cccc2c1OCCN(Cc1ccn(C3CC3(F)F)n1)C2. The van der Waals surface area contributed by atoms with Gasteiger partial charge in [0.05, 0.1) is 5.69 Å². The molecule has 1 fully saturated rings. The highest BCUT2D eigenvalue weighted by molar-refractivity contribution is 5.91. The average molecular weight is 349 g/mol. The highest BCUT2D eigenvalue weighted by Gasteiger charge is 2.59. The molecule has 2 aromatic rings. The van der Waals surface area contributed by atoms with Crippen LogP contribution in [-0.2, 0) is 13.1 Å². The normalized spacial score (nSPS) is 21.9. The molecule has 1 aromatic carbocycles. The van der Waals surface area contributed by atoms with Crippen LogP contribution in [0.3, 0.4) is 0 Å². The van der Waals surface area contributed by atoms with Gasteiger partial charge in [0.1, 0.15) is 24.0 Å². The number of carboxylic acids is 1. The van der Waals surface area contributed by atoms with E-state index in [-0.39, 0.29) is 12.0 Å². The van der Waals surface area contributed by atoms with E-state index in [9.17, 15) is 18.7 Å². The van der Waals surface area contributed by atoms with E-state index in [2.05, 4.69) is 10.00 Å². The number of nitrogens with zero attached hydrogens (tertiary/aromatic N) is 3. The minimum atomic E-state index is -2.65. The van der Waals surface area contributed by atoms with Crippen molar-refractivity contribution in [2.45, 2.75) is 31.5 Å². The number of aromatic carboxylic acids is 1. The van der Waals surface area contributed by atoms with Gasteiger partial charge < -0.3 is 9.84 Å². The molecule has 1 atom stereocenters. The number of para-hydroxylation sites is 1. The third-order valence-corrected chi connectivity index (χ3v) is 4.54. The summed E-state index contributed by atoms with van der Waals surface area (Å²) in [5.74, 6) is -3.26. The highest BCUT2D eigenvalue weighted by atomic mass is 19.3. The lowest BCUT2D eigenvalue weighted by molar-refractivity contribution is 0.0692. The summed E-state index contributed by atoms with van der Waals surface area (Å²) in [4.78, 5) is 13.4. The van der Waals surface area contributed by atoms with Gasteiger partial charge >= 0.3 is 5.97 Å². The summed E-state index contributed by atoms with van der Waals surface area (Å²) >= 11 is 0. The van der Waals surface area contributed by atoms with Crippen LogP contribution in [-0.4, -0.2) is 44.8 Å². The van der Waals surface area contributed by atoms with Crippen LogP contribution in [0.5, 0.6) is 5.75 Å². The molecule has 6 nitrogen and oxygen atoms in total. The molecule has 2 aliphatic rings. The van der Waals surface area contributed by atoms with E-state index in [0.717, 1.165) is 5.56 Å². The van der Waals surface area contributed by atoms with Crippen LogP contribution in [0.1, 0.15) is 34.1 Å². The number of aromatic nitrogens is 2. The van der Waals surface area contributed by atoms with Crippen LogP contribution in [0.15, 0.2) is 30.5 Å². The topological polar surface area (TPSA) is 67.6 Å². The molecule has 1 N–H and O–H groups in total. The Kier molecular flexibility index (Phi) is 3.72. The number of hydrogen-bond donors (Lipinski definition) is 1. The van der Waals surface area contributed by atoms with Crippen LogP contribution in [0.2, 0.25) is 0 Å². The van der Waals surface area contributed by atoms with Crippen LogP contribution in [0.25, 0.3) is 0 Å². The Bertz CT molecular complexity index is 821. The lowest BCUT2D eigenvalue weighted by Gasteiger charge is -2.17. The van der Waals surface area contributed by atoms with Crippen LogP contribution < -0.4 is 4.74 Å². The van der Waals surface area contributed by atoms with Gasteiger partial charge in [-0.1, -0.05) is 12.1 Å². The molecule has 1 aliphatic carbocycles. The summed E-state index contributed by atoms with van der Waals surface area (Å²) in [6, 6.07) is 5.97. The number of rotatable bonds is 4. The van der Waals surface area contributed by atoms with E-state index in [0.29, 0.717) is 37.7 Å². The quantitative estimate of drug-likeness (QED) is 0.919. The zero-order valence-corrected chi connectivity index (χ0v) is 13.4. The second kappa shape index (κ2) is 5.80. The van der Waals surface area contributed by atoms with Gasteiger partial charge in [-0.25, -0.2) is 13.6 Å². The standard InChI is InChI=1S/C17H17F2N3O3/c18-17(19)8-14(17)22-5-4-12(20-22)10-21-6-7-25-15-11(9-21)2-1-3-13(15)16(23)24/h1-5,14H,6-10H2,(H,23,24). The number of benzene rings is 1. The number of fused-ring (bicyclic) bond motifs is 1. The fourth-order valence-electron chi connectivity index (χ4n) is 3.13. The van der Waals surface area contributed by atoms with E-state index in [1.54, 1.807) is 18.3 Å². The summed E-state index contributed by atoms with van der Waals surface area (Å²) < 4.78 is 33.2. The minimum absolute atomic E-state index is 0.152. The number of ether oxygens (including phenoxy) is 1. The van der Waals surface area contributed by atoms with E-state index in [1.807, 2.05) is 6.07 Å². The maximum Gasteiger partial charge on any atom is 0.339 e. The van der Waals surface area contributed by atoms with Crippen molar-refractivity contribution < 1.29 is 23.4 Å². The van der Waals surface area contributed by atoms with Crippen LogP contribution in [0.4, 0.5) is 8.78 Å². The second-order valence-corrected chi connectivity index (χ2v) is 6.43. The lowest BCUT2D eigenvalue weighted by Crippen LogP contribution is -2.25. The summed E-state index contributed by atoms with van der Waals surface area (Å²) in [6.45, 7) is 1.97. The van der Waals surface area contributed by atoms with Crippen molar-refractivity contribution in [1.29, 1.82) is 0 Å². The third-order valence-electron chi connectivity index (χ3n) is 4.54. The Morgan fingerprint density at radius 3 is 2.92 bits per heavy atom. The number of halogens is 2. The molecule has 0 amide bonds. The van der Waals surface area contributed by atoms with Crippen LogP contribution >= 0.6 is 0 Å². The van der Waals surface area contributed by atoms with Gasteiger partial charge in [-0.05, 0) is 12.1 Å². The van der Waals surface area contributed by atoms with Gasteiger partial charge in [0.2, 0.25) is 0 Å². The van der Waals surface area contributed by atoms with Gasteiger partial charge in [0, 0.05) is 37.8 Å². The molecule has 132 valence electrons. The Hall–Kier alpha value is -2.48. The zero-order chi connectivity index (χ0) is 17.6. The predicted octanol–water partition coefficient (Wildman–Crippen LogP) is 2.56. The van der Waals surface area contributed by atoms with Crippen molar-refractivity contribution >= 4 is 5.97 Å². The molecule has 4 rings (SSSR count). The molecule has 25 heavy (non-hydrogen) atoms. The molecule has 0 radical (unpaired) electrons. The third kappa shape index (κ3) is 3.09. The number of carboxylic acid groups (broad SMARTS) is 1. The van der Waals surface area contributed by atoms with Crippen molar-refractivity contribution in [1.82, 2.24) is 14.7 Å². The monoisotopic (exact) mass is 349 g/mol. The van der Waals surface area contributed by atoms with Gasteiger partial charge in [0.25, 0.3) is 5.92 Å². The predicted molar refractivity (Wildman–Crippen MR) is 83.8 cm³/mol. The molecule has 1 aromatic heterocycles. The molecular formula is C17H17F2N3O3. The van der Waals surface area contributed by atoms with E-state index < -0.39 is 17.9 Å². The van der Waals surface area contributed by atoms with Crippen molar-refractivity contribution in [3.05, 3.63) is 47.3 Å². The van der Waals surface area contributed by atoms with Crippen LogP contribution in [0, 0.1) is 0 Å². The first-order chi connectivity index (χ1) is 11.9. The van der Waals surface area contributed by atoms with Crippen molar-refractivity contribution in [3.8, 4) is 5.75 Å².